The Morgan fingerprint density at radius 3 is 3.05 bits per heavy atom. The number of benzene rings is 1. The van der Waals surface area contributed by atoms with Crippen LogP contribution in [0.2, 0.25) is 0 Å². The second-order valence-corrected chi connectivity index (χ2v) is 4.30. The number of nitrogens with one attached hydrogen (secondary N) is 2. The molecule has 0 aliphatic rings. The third kappa shape index (κ3) is 3.26. The highest BCUT2D eigenvalue weighted by atomic mass is 16.5. The molecule has 2 aromatic rings. The molecule has 102 valence electrons. The number of para-hydroxylation sites is 1. The van der Waals surface area contributed by atoms with Gasteiger partial charge in [-0.1, -0.05) is 12.1 Å². The van der Waals surface area contributed by atoms with Crippen molar-refractivity contribution in [1.29, 1.82) is 0 Å². The van der Waals surface area contributed by atoms with E-state index in [9.17, 15) is 4.79 Å². The van der Waals surface area contributed by atoms with Gasteiger partial charge >= 0.3 is 0 Å². The van der Waals surface area contributed by atoms with Crippen molar-refractivity contribution >= 4 is 22.5 Å². The van der Waals surface area contributed by atoms with Gasteiger partial charge in [0.05, 0.1) is 11.2 Å². The zero-order valence-corrected chi connectivity index (χ0v) is 11.0. The molecule has 0 fully saturated rings. The van der Waals surface area contributed by atoms with Gasteiger partial charge in [-0.25, -0.2) is 0 Å². The van der Waals surface area contributed by atoms with Crippen LogP contribution in [-0.2, 0) is 4.74 Å². The summed E-state index contributed by atoms with van der Waals surface area (Å²) in [6, 6.07) is 7.41. The van der Waals surface area contributed by atoms with Crippen LogP contribution in [0.25, 0.3) is 10.9 Å². The third-order valence-corrected chi connectivity index (χ3v) is 2.89. The molecular formula is C14H19N3O2. The number of hydrogen-bond donors (Lipinski definition) is 3. The molecule has 2 rings (SSSR count). The molecule has 1 aromatic carbocycles. The first kappa shape index (κ1) is 13.4. The van der Waals surface area contributed by atoms with Crippen LogP contribution in [0.4, 0.5) is 5.69 Å². The predicted octanol–water partition coefficient (Wildman–Crippen LogP) is 1.91. The number of ether oxygens (including phenoxy) is 1. The van der Waals surface area contributed by atoms with Crippen molar-refractivity contribution in [1.82, 2.24) is 10.3 Å². The maximum Gasteiger partial charge on any atom is 0.267 e. The van der Waals surface area contributed by atoms with E-state index in [4.69, 9.17) is 10.5 Å². The maximum absolute atomic E-state index is 11.9. The van der Waals surface area contributed by atoms with Gasteiger partial charge in [0, 0.05) is 25.1 Å². The molecule has 5 nitrogen and oxygen atoms in total. The van der Waals surface area contributed by atoms with Gasteiger partial charge in [0.25, 0.3) is 5.91 Å². The first-order chi connectivity index (χ1) is 9.22. The van der Waals surface area contributed by atoms with Crippen molar-refractivity contribution in [2.45, 2.75) is 13.3 Å². The highest BCUT2D eigenvalue weighted by Gasteiger charge is 2.09. The summed E-state index contributed by atoms with van der Waals surface area (Å²) in [6.45, 7) is 3.92. The number of carbonyl (C=O) groups is 1. The number of nitrogens with two attached hydrogens (primary N) is 1. The van der Waals surface area contributed by atoms with Crippen LogP contribution >= 0.6 is 0 Å². The number of aromatic nitrogens is 1. The van der Waals surface area contributed by atoms with E-state index in [1.54, 1.807) is 0 Å². The van der Waals surface area contributed by atoms with Gasteiger partial charge in [0.15, 0.2) is 0 Å². The van der Waals surface area contributed by atoms with Crippen LogP contribution < -0.4 is 11.1 Å². The Morgan fingerprint density at radius 1 is 1.47 bits per heavy atom. The van der Waals surface area contributed by atoms with Gasteiger partial charge in [0.2, 0.25) is 0 Å². The summed E-state index contributed by atoms with van der Waals surface area (Å²) in [7, 11) is 0. The number of fused-ring (bicyclic) bond motifs is 1. The Balaban J connectivity index is 1.96. The lowest BCUT2D eigenvalue weighted by Gasteiger charge is -2.03. The molecule has 1 aromatic heterocycles. The summed E-state index contributed by atoms with van der Waals surface area (Å²) in [4.78, 5) is 15.0. The van der Waals surface area contributed by atoms with Crippen molar-refractivity contribution in [3.05, 3.63) is 30.0 Å². The van der Waals surface area contributed by atoms with E-state index in [0.717, 1.165) is 17.3 Å². The van der Waals surface area contributed by atoms with Crippen LogP contribution in [0, 0.1) is 0 Å². The van der Waals surface area contributed by atoms with Crippen LogP contribution in [-0.4, -0.2) is 30.6 Å². The van der Waals surface area contributed by atoms with Crippen molar-refractivity contribution in [3.63, 3.8) is 0 Å². The van der Waals surface area contributed by atoms with E-state index in [1.165, 1.54) is 0 Å². The Labute approximate surface area is 112 Å². The summed E-state index contributed by atoms with van der Waals surface area (Å²) < 4.78 is 5.21. The number of rotatable bonds is 6. The molecular weight excluding hydrogens is 242 g/mol. The summed E-state index contributed by atoms with van der Waals surface area (Å²) >= 11 is 0. The van der Waals surface area contributed by atoms with Crippen LogP contribution in [0.1, 0.15) is 23.8 Å². The normalized spacial score (nSPS) is 10.8. The molecule has 0 atom stereocenters. The SMILES string of the molecule is CCOCCCNC(=O)c1cc2cccc(N)c2[nH]1. The van der Waals surface area contributed by atoms with Crippen LogP contribution in [0.3, 0.4) is 0 Å². The minimum atomic E-state index is -0.118. The molecule has 0 unspecified atom stereocenters. The number of amides is 1. The molecule has 0 saturated carbocycles. The van der Waals surface area contributed by atoms with Gasteiger partial charge < -0.3 is 20.8 Å². The summed E-state index contributed by atoms with van der Waals surface area (Å²) in [5.74, 6) is -0.118. The van der Waals surface area contributed by atoms with Crippen LogP contribution in [0.5, 0.6) is 0 Å². The number of carbonyl (C=O) groups excluding carboxylic acids is 1. The van der Waals surface area contributed by atoms with Gasteiger partial charge in [-0.15, -0.1) is 0 Å². The number of H-pyrrole nitrogens is 1. The number of anilines is 1. The van der Waals surface area contributed by atoms with E-state index in [1.807, 2.05) is 31.2 Å². The average Bonchev–Trinajstić information content (AvgIpc) is 2.84. The van der Waals surface area contributed by atoms with Gasteiger partial charge in [-0.3, -0.25) is 4.79 Å². The lowest BCUT2D eigenvalue weighted by molar-refractivity contribution is 0.0940. The quantitative estimate of drug-likeness (QED) is 0.549. The first-order valence-electron chi connectivity index (χ1n) is 6.45. The van der Waals surface area contributed by atoms with Crippen molar-refractivity contribution in [3.8, 4) is 0 Å². The molecule has 0 bridgehead atoms. The minimum absolute atomic E-state index is 0.118. The fourth-order valence-corrected chi connectivity index (χ4v) is 1.92. The molecule has 0 spiro atoms. The topological polar surface area (TPSA) is 80.1 Å². The van der Waals surface area contributed by atoms with E-state index in [2.05, 4.69) is 10.3 Å². The third-order valence-electron chi connectivity index (χ3n) is 2.89. The first-order valence-corrected chi connectivity index (χ1v) is 6.45. The molecule has 4 N–H and O–H groups in total. The van der Waals surface area contributed by atoms with E-state index in [0.29, 0.717) is 31.1 Å². The van der Waals surface area contributed by atoms with Crippen LogP contribution in [0.15, 0.2) is 24.3 Å². The standard InChI is InChI=1S/C14H19N3O2/c1-2-19-8-4-7-16-14(18)12-9-10-5-3-6-11(15)13(10)17-12/h3,5-6,9,17H,2,4,7-8,15H2,1H3,(H,16,18). The summed E-state index contributed by atoms with van der Waals surface area (Å²) in [5, 5.41) is 3.79. The second kappa shape index (κ2) is 6.24. The molecule has 1 heterocycles. The largest absolute Gasteiger partial charge is 0.397 e. The Bertz CT molecular complexity index is 563. The monoisotopic (exact) mass is 261 g/mol. The molecule has 0 saturated heterocycles. The predicted molar refractivity (Wildman–Crippen MR) is 76.2 cm³/mol. The Kier molecular flexibility index (Phi) is 4.41. The zero-order chi connectivity index (χ0) is 13.7. The highest BCUT2D eigenvalue weighted by Crippen LogP contribution is 2.20. The molecule has 19 heavy (non-hydrogen) atoms. The molecule has 0 aliphatic heterocycles. The molecule has 0 radical (unpaired) electrons. The minimum Gasteiger partial charge on any atom is -0.397 e. The molecule has 1 amide bonds. The Hall–Kier alpha value is -2.01. The maximum atomic E-state index is 11.9. The average molecular weight is 261 g/mol. The number of hydrogen-bond acceptors (Lipinski definition) is 3. The van der Waals surface area contributed by atoms with Gasteiger partial charge in [-0.05, 0) is 25.5 Å². The van der Waals surface area contributed by atoms with E-state index >= 15 is 0 Å². The van der Waals surface area contributed by atoms with Gasteiger partial charge in [-0.2, -0.15) is 0 Å². The summed E-state index contributed by atoms with van der Waals surface area (Å²) in [6.07, 6.45) is 0.807. The molecule has 0 aliphatic carbocycles. The zero-order valence-electron chi connectivity index (χ0n) is 11.0. The molecule has 5 heteroatoms. The van der Waals surface area contributed by atoms with E-state index < -0.39 is 0 Å². The summed E-state index contributed by atoms with van der Waals surface area (Å²) in [5.41, 5.74) is 7.83. The Morgan fingerprint density at radius 2 is 2.32 bits per heavy atom. The fourth-order valence-electron chi connectivity index (χ4n) is 1.92. The van der Waals surface area contributed by atoms with Crippen molar-refractivity contribution in [2.24, 2.45) is 0 Å². The lowest BCUT2D eigenvalue weighted by Crippen LogP contribution is -2.25. The van der Waals surface area contributed by atoms with Gasteiger partial charge in [0.1, 0.15) is 5.69 Å². The second-order valence-electron chi connectivity index (χ2n) is 4.30. The highest BCUT2D eigenvalue weighted by molar-refractivity contribution is 6.00. The van der Waals surface area contributed by atoms with Crippen molar-refractivity contribution in [2.75, 3.05) is 25.5 Å². The number of aromatic amines is 1. The smallest absolute Gasteiger partial charge is 0.267 e. The fraction of sp³-hybridized carbons (Fsp3) is 0.357. The van der Waals surface area contributed by atoms with Crippen molar-refractivity contribution < 1.29 is 9.53 Å². The lowest BCUT2D eigenvalue weighted by atomic mass is 10.2. The number of nitrogen functional groups attached to an aromatic ring is 1. The van der Waals surface area contributed by atoms with E-state index in [-0.39, 0.29) is 5.91 Å².